The standard InChI is InChI=1S/C19H20N4O/c1-2-14-8-10-15(11-9-14)19(24)22-13-5-6-16(22)18-21-20-17-7-3-4-12-23(17)18/h3-4,7-12,16H,2,5-6,13H2,1H3. The first-order valence-electron chi connectivity index (χ1n) is 8.47. The lowest BCUT2D eigenvalue weighted by molar-refractivity contribution is 0.0729. The zero-order valence-electron chi connectivity index (χ0n) is 13.7. The molecule has 1 aromatic carbocycles. The van der Waals surface area contributed by atoms with E-state index in [9.17, 15) is 4.79 Å². The van der Waals surface area contributed by atoms with Crippen molar-refractivity contribution in [2.75, 3.05) is 6.54 Å². The van der Waals surface area contributed by atoms with Crippen molar-refractivity contribution in [2.45, 2.75) is 32.2 Å². The second-order valence-electron chi connectivity index (χ2n) is 6.19. The van der Waals surface area contributed by atoms with E-state index in [-0.39, 0.29) is 11.9 Å². The van der Waals surface area contributed by atoms with Crippen LogP contribution in [0.4, 0.5) is 0 Å². The fourth-order valence-electron chi connectivity index (χ4n) is 3.41. The van der Waals surface area contributed by atoms with Gasteiger partial charge in [0.1, 0.15) is 0 Å². The maximum absolute atomic E-state index is 13.0. The number of carbonyl (C=O) groups is 1. The molecule has 1 amide bonds. The van der Waals surface area contributed by atoms with E-state index < -0.39 is 0 Å². The molecule has 1 atom stereocenters. The molecule has 1 fully saturated rings. The molecule has 0 N–H and O–H groups in total. The van der Waals surface area contributed by atoms with Crippen molar-refractivity contribution in [1.29, 1.82) is 0 Å². The van der Waals surface area contributed by atoms with Gasteiger partial charge < -0.3 is 4.90 Å². The number of hydrogen-bond acceptors (Lipinski definition) is 3. The van der Waals surface area contributed by atoms with Gasteiger partial charge in [-0.1, -0.05) is 25.1 Å². The highest BCUT2D eigenvalue weighted by molar-refractivity contribution is 5.94. The van der Waals surface area contributed by atoms with E-state index in [0.717, 1.165) is 42.8 Å². The van der Waals surface area contributed by atoms with Gasteiger partial charge in [0, 0.05) is 18.3 Å². The molecule has 4 rings (SSSR count). The van der Waals surface area contributed by atoms with Crippen LogP contribution in [0.25, 0.3) is 5.65 Å². The molecule has 1 unspecified atom stereocenters. The number of rotatable bonds is 3. The van der Waals surface area contributed by atoms with Crippen LogP contribution in [0.15, 0.2) is 48.7 Å². The van der Waals surface area contributed by atoms with Gasteiger partial charge >= 0.3 is 0 Å². The van der Waals surface area contributed by atoms with E-state index >= 15 is 0 Å². The zero-order chi connectivity index (χ0) is 16.5. The van der Waals surface area contributed by atoms with E-state index in [0.29, 0.717) is 0 Å². The van der Waals surface area contributed by atoms with Crippen molar-refractivity contribution < 1.29 is 4.79 Å². The van der Waals surface area contributed by atoms with Gasteiger partial charge in [0.05, 0.1) is 6.04 Å². The van der Waals surface area contributed by atoms with E-state index in [1.54, 1.807) is 0 Å². The van der Waals surface area contributed by atoms with Crippen LogP contribution >= 0.6 is 0 Å². The summed E-state index contributed by atoms with van der Waals surface area (Å²) in [5.74, 6) is 0.925. The van der Waals surface area contributed by atoms with Crippen LogP contribution in [0.5, 0.6) is 0 Å². The van der Waals surface area contributed by atoms with Gasteiger partial charge in [-0.3, -0.25) is 9.20 Å². The number of benzene rings is 1. The topological polar surface area (TPSA) is 50.5 Å². The minimum atomic E-state index is -0.0132. The SMILES string of the molecule is CCc1ccc(C(=O)N2CCCC2c2nnc3ccccn23)cc1. The Labute approximate surface area is 140 Å². The Morgan fingerprint density at radius 2 is 2.00 bits per heavy atom. The van der Waals surface area contributed by atoms with Crippen LogP contribution in [0.2, 0.25) is 0 Å². The van der Waals surface area contributed by atoms with Gasteiger partial charge in [0.15, 0.2) is 11.5 Å². The van der Waals surface area contributed by atoms with E-state index in [4.69, 9.17) is 0 Å². The lowest BCUT2D eigenvalue weighted by Crippen LogP contribution is -2.31. The Kier molecular flexibility index (Phi) is 3.76. The fourth-order valence-corrected chi connectivity index (χ4v) is 3.41. The number of aromatic nitrogens is 3. The zero-order valence-corrected chi connectivity index (χ0v) is 13.7. The minimum Gasteiger partial charge on any atom is -0.328 e. The molecule has 3 heterocycles. The van der Waals surface area contributed by atoms with Crippen LogP contribution in [0.3, 0.4) is 0 Å². The molecule has 1 aliphatic rings. The van der Waals surface area contributed by atoms with Gasteiger partial charge in [-0.2, -0.15) is 0 Å². The number of carbonyl (C=O) groups excluding carboxylic acids is 1. The number of hydrogen-bond donors (Lipinski definition) is 0. The number of fused-ring (bicyclic) bond motifs is 1. The molecular weight excluding hydrogens is 300 g/mol. The monoisotopic (exact) mass is 320 g/mol. The first-order chi connectivity index (χ1) is 11.8. The van der Waals surface area contributed by atoms with Crippen LogP contribution in [-0.2, 0) is 6.42 Å². The predicted octanol–water partition coefficient (Wildman–Crippen LogP) is 3.27. The number of amides is 1. The lowest BCUT2D eigenvalue weighted by atomic mass is 10.1. The smallest absolute Gasteiger partial charge is 0.254 e. The third kappa shape index (κ3) is 2.46. The summed E-state index contributed by atoms with van der Waals surface area (Å²) >= 11 is 0. The normalized spacial score (nSPS) is 17.5. The average Bonchev–Trinajstić information content (AvgIpc) is 3.27. The van der Waals surface area contributed by atoms with Crippen molar-refractivity contribution in [3.63, 3.8) is 0 Å². The quantitative estimate of drug-likeness (QED) is 0.744. The van der Waals surface area contributed by atoms with Crippen LogP contribution in [0, 0.1) is 0 Å². The van der Waals surface area contributed by atoms with Crippen LogP contribution in [0.1, 0.15) is 47.6 Å². The number of nitrogens with zero attached hydrogens (tertiary/aromatic N) is 4. The summed E-state index contributed by atoms with van der Waals surface area (Å²) in [6, 6.07) is 13.7. The second-order valence-corrected chi connectivity index (χ2v) is 6.19. The van der Waals surface area contributed by atoms with Crippen LogP contribution in [-0.4, -0.2) is 31.9 Å². The molecule has 5 heteroatoms. The van der Waals surface area contributed by atoms with Crippen molar-refractivity contribution >= 4 is 11.6 Å². The van der Waals surface area contributed by atoms with Gasteiger partial charge in [-0.25, -0.2) is 0 Å². The second kappa shape index (κ2) is 6.07. The lowest BCUT2D eigenvalue weighted by Gasteiger charge is -2.23. The molecule has 122 valence electrons. The van der Waals surface area contributed by atoms with Crippen molar-refractivity contribution in [2.24, 2.45) is 0 Å². The van der Waals surface area contributed by atoms with Gasteiger partial charge in [0.2, 0.25) is 0 Å². The summed E-state index contributed by atoms with van der Waals surface area (Å²) in [7, 11) is 0. The van der Waals surface area contributed by atoms with E-state index in [1.807, 2.05) is 58.0 Å². The summed E-state index contributed by atoms with van der Waals surface area (Å²) < 4.78 is 1.98. The number of pyridine rings is 1. The maximum Gasteiger partial charge on any atom is 0.254 e. The first-order valence-corrected chi connectivity index (χ1v) is 8.47. The first kappa shape index (κ1) is 14.9. The van der Waals surface area contributed by atoms with Crippen molar-refractivity contribution in [3.05, 3.63) is 65.6 Å². The molecule has 24 heavy (non-hydrogen) atoms. The third-order valence-electron chi connectivity index (χ3n) is 4.76. The third-order valence-corrected chi connectivity index (χ3v) is 4.76. The highest BCUT2D eigenvalue weighted by Gasteiger charge is 2.33. The van der Waals surface area contributed by atoms with Crippen molar-refractivity contribution in [3.8, 4) is 0 Å². The Hall–Kier alpha value is -2.69. The number of likely N-dealkylation sites (tertiary alicyclic amines) is 1. The summed E-state index contributed by atoms with van der Waals surface area (Å²) in [6.07, 6.45) is 4.86. The van der Waals surface area contributed by atoms with Gasteiger partial charge in [-0.15, -0.1) is 10.2 Å². The number of aryl methyl sites for hydroxylation is 1. The molecule has 2 aromatic heterocycles. The summed E-state index contributed by atoms with van der Waals surface area (Å²) in [4.78, 5) is 14.9. The Balaban J connectivity index is 1.65. The molecular formula is C19H20N4O. The Bertz CT molecular complexity index is 868. The van der Waals surface area contributed by atoms with Gasteiger partial charge in [0.25, 0.3) is 5.91 Å². The fraction of sp³-hybridized carbons (Fsp3) is 0.316. The molecule has 0 spiro atoms. The maximum atomic E-state index is 13.0. The molecule has 0 bridgehead atoms. The molecule has 3 aromatic rings. The molecule has 0 saturated carbocycles. The van der Waals surface area contributed by atoms with E-state index in [1.165, 1.54) is 5.56 Å². The minimum absolute atomic E-state index is 0.0132. The summed E-state index contributed by atoms with van der Waals surface area (Å²) in [6.45, 7) is 2.88. The Morgan fingerprint density at radius 1 is 1.17 bits per heavy atom. The van der Waals surface area contributed by atoms with Gasteiger partial charge in [-0.05, 0) is 49.1 Å². The van der Waals surface area contributed by atoms with E-state index in [2.05, 4.69) is 17.1 Å². The summed E-state index contributed by atoms with van der Waals surface area (Å²) in [5.41, 5.74) is 2.81. The van der Waals surface area contributed by atoms with Crippen molar-refractivity contribution in [1.82, 2.24) is 19.5 Å². The highest BCUT2D eigenvalue weighted by atomic mass is 16.2. The molecule has 1 saturated heterocycles. The van der Waals surface area contributed by atoms with Crippen LogP contribution < -0.4 is 0 Å². The molecule has 5 nitrogen and oxygen atoms in total. The largest absolute Gasteiger partial charge is 0.328 e. The highest BCUT2D eigenvalue weighted by Crippen LogP contribution is 2.32. The average molecular weight is 320 g/mol. The Morgan fingerprint density at radius 3 is 2.79 bits per heavy atom. The summed E-state index contributed by atoms with van der Waals surface area (Å²) in [5, 5.41) is 8.58. The molecule has 0 radical (unpaired) electrons. The molecule has 0 aliphatic carbocycles. The predicted molar refractivity (Wildman–Crippen MR) is 91.8 cm³/mol. The molecule has 1 aliphatic heterocycles.